The van der Waals surface area contributed by atoms with E-state index in [0.717, 1.165) is 12.8 Å². The van der Waals surface area contributed by atoms with Crippen LogP contribution in [0.15, 0.2) is 0 Å². The SMILES string of the molecule is CCCCOC(=O)OCCCO. The largest absolute Gasteiger partial charge is 0.508 e. The van der Waals surface area contributed by atoms with Crippen LogP contribution in [0.3, 0.4) is 0 Å². The van der Waals surface area contributed by atoms with Crippen LogP contribution in [0.2, 0.25) is 0 Å². The molecule has 0 saturated carbocycles. The fourth-order valence-electron chi connectivity index (χ4n) is 0.562. The van der Waals surface area contributed by atoms with Crippen molar-refractivity contribution in [2.24, 2.45) is 0 Å². The van der Waals surface area contributed by atoms with Gasteiger partial charge < -0.3 is 14.6 Å². The van der Waals surface area contributed by atoms with E-state index in [1.807, 2.05) is 6.92 Å². The maximum absolute atomic E-state index is 10.7. The van der Waals surface area contributed by atoms with Crippen molar-refractivity contribution in [2.75, 3.05) is 19.8 Å². The lowest BCUT2D eigenvalue weighted by Gasteiger charge is -2.03. The van der Waals surface area contributed by atoms with Crippen molar-refractivity contribution in [3.8, 4) is 0 Å². The lowest BCUT2D eigenvalue weighted by molar-refractivity contribution is 0.0505. The molecule has 0 amide bonds. The topological polar surface area (TPSA) is 55.8 Å². The molecule has 4 heteroatoms. The second-order valence-electron chi connectivity index (χ2n) is 2.38. The number of unbranched alkanes of at least 4 members (excludes halogenated alkanes) is 1. The van der Waals surface area contributed by atoms with E-state index in [-0.39, 0.29) is 13.2 Å². The van der Waals surface area contributed by atoms with Gasteiger partial charge in [-0.3, -0.25) is 0 Å². The Labute approximate surface area is 72.5 Å². The van der Waals surface area contributed by atoms with E-state index in [1.54, 1.807) is 0 Å². The van der Waals surface area contributed by atoms with Gasteiger partial charge in [0.25, 0.3) is 0 Å². The van der Waals surface area contributed by atoms with E-state index in [4.69, 9.17) is 5.11 Å². The van der Waals surface area contributed by atoms with Gasteiger partial charge in [0, 0.05) is 13.0 Å². The highest BCUT2D eigenvalue weighted by molar-refractivity contribution is 5.59. The zero-order chi connectivity index (χ0) is 9.23. The third kappa shape index (κ3) is 7.34. The van der Waals surface area contributed by atoms with Crippen molar-refractivity contribution in [1.82, 2.24) is 0 Å². The molecule has 0 aliphatic carbocycles. The standard InChI is InChI=1S/C8H16O4/c1-2-3-6-11-8(10)12-7-4-5-9/h9H,2-7H2,1H3. The molecule has 0 bridgehead atoms. The maximum Gasteiger partial charge on any atom is 0.508 e. The third-order valence-corrected chi connectivity index (χ3v) is 1.24. The van der Waals surface area contributed by atoms with Crippen LogP contribution in [0.25, 0.3) is 0 Å². The summed E-state index contributed by atoms with van der Waals surface area (Å²) in [5.41, 5.74) is 0. The molecule has 0 fully saturated rings. The van der Waals surface area contributed by atoms with Crippen LogP contribution < -0.4 is 0 Å². The average Bonchev–Trinajstić information content (AvgIpc) is 2.06. The van der Waals surface area contributed by atoms with Crippen molar-refractivity contribution >= 4 is 6.16 Å². The summed E-state index contributed by atoms with van der Waals surface area (Å²) in [6, 6.07) is 0. The van der Waals surface area contributed by atoms with E-state index in [9.17, 15) is 4.79 Å². The number of hydrogen-bond donors (Lipinski definition) is 1. The lowest BCUT2D eigenvalue weighted by atomic mass is 10.4. The summed E-state index contributed by atoms with van der Waals surface area (Å²) in [7, 11) is 0. The monoisotopic (exact) mass is 176 g/mol. The summed E-state index contributed by atoms with van der Waals surface area (Å²) in [6.07, 6.45) is 1.67. The van der Waals surface area contributed by atoms with Crippen LogP contribution in [0, 0.1) is 0 Å². The lowest BCUT2D eigenvalue weighted by Crippen LogP contribution is -2.09. The first-order chi connectivity index (χ1) is 5.81. The number of carbonyl (C=O) groups is 1. The first kappa shape index (κ1) is 11.2. The summed E-state index contributed by atoms with van der Waals surface area (Å²) in [4.78, 5) is 10.7. The quantitative estimate of drug-likeness (QED) is 0.490. The molecule has 4 nitrogen and oxygen atoms in total. The minimum atomic E-state index is -0.642. The number of aliphatic hydroxyl groups excluding tert-OH is 1. The molecule has 0 spiro atoms. The molecule has 0 aromatic carbocycles. The minimum Gasteiger partial charge on any atom is -0.434 e. The molecule has 0 unspecified atom stereocenters. The Morgan fingerprint density at radius 2 is 1.83 bits per heavy atom. The van der Waals surface area contributed by atoms with Gasteiger partial charge in [-0.25, -0.2) is 4.79 Å². The van der Waals surface area contributed by atoms with Gasteiger partial charge in [-0.2, -0.15) is 0 Å². The van der Waals surface area contributed by atoms with E-state index >= 15 is 0 Å². The number of ether oxygens (including phenoxy) is 2. The van der Waals surface area contributed by atoms with Crippen molar-refractivity contribution in [1.29, 1.82) is 0 Å². The van der Waals surface area contributed by atoms with Crippen LogP contribution in [0.4, 0.5) is 4.79 Å². The van der Waals surface area contributed by atoms with Gasteiger partial charge in [-0.05, 0) is 6.42 Å². The Balaban J connectivity index is 3.10. The second kappa shape index (κ2) is 8.33. The summed E-state index contributed by atoms with van der Waals surface area (Å²) in [5.74, 6) is 0. The zero-order valence-corrected chi connectivity index (χ0v) is 7.41. The van der Waals surface area contributed by atoms with Crippen molar-refractivity contribution in [3.63, 3.8) is 0 Å². The van der Waals surface area contributed by atoms with Gasteiger partial charge in [0.05, 0.1) is 13.2 Å². The molecule has 0 aromatic rings. The number of hydrogen-bond acceptors (Lipinski definition) is 4. The van der Waals surface area contributed by atoms with Gasteiger partial charge in [-0.1, -0.05) is 13.3 Å². The smallest absolute Gasteiger partial charge is 0.434 e. The molecule has 0 aliphatic rings. The van der Waals surface area contributed by atoms with Gasteiger partial charge in [0.1, 0.15) is 0 Å². The van der Waals surface area contributed by atoms with E-state index in [0.29, 0.717) is 13.0 Å². The number of rotatable bonds is 6. The average molecular weight is 176 g/mol. The Bertz CT molecular complexity index is 102. The van der Waals surface area contributed by atoms with Gasteiger partial charge in [0.15, 0.2) is 0 Å². The van der Waals surface area contributed by atoms with Crippen LogP contribution in [-0.4, -0.2) is 31.1 Å². The molecular weight excluding hydrogens is 160 g/mol. The summed E-state index contributed by atoms with van der Waals surface area (Å²) in [5, 5.41) is 8.36. The fourth-order valence-corrected chi connectivity index (χ4v) is 0.562. The molecule has 72 valence electrons. The van der Waals surface area contributed by atoms with Gasteiger partial charge >= 0.3 is 6.16 Å². The molecule has 1 N–H and O–H groups in total. The molecule has 0 aliphatic heterocycles. The third-order valence-electron chi connectivity index (χ3n) is 1.24. The van der Waals surface area contributed by atoms with Gasteiger partial charge in [-0.15, -0.1) is 0 Å². The highest BCUT2D eigenvalue weighted by Crippen LogP contribution is 1.92. The molecule has 0 saturated heterocycles. The van der Waals surface area contributed by atoms with Crippen LogP contribution in [0.1, 0.15) is 26.2 Å². The Morgan fingerprint density at radius 3 is 2.33 bits per heavy atom. The zero-order valence-electron chi connectivity index (χ0n) is 7.41. The van der Waals surface area contributed by atoms with E-state index in [2.05, 4.69) is 9.47 Å². The van der Waals surface area contributed by atoms with Gasteiger partial charge in [0.2, 0.25) is 0 Å². The molecule has 0 atom stereocenters. The van der Waals surface area contributed by atoms with Crippen LogP contribution in [-0.2, 0) is 9.47 Å². The normalized spacial score (nSPS) is 9.50. The van der Waals surface area contributed by atoms with Crippen molar-refractivity contribution < 1.29 is 19.4 Å². The molecule has 0 heterocycles. The fraction of sp³-hybridized carbons (Fsp3) is 0.875. The van der Waals surface area contributed by atoms with Crippen molar-refractivity contribution in [2.45, 2.75) is 26.2 Å². The Morgan fingerprint density at radius 1 is 1.25 bits per heavy atom. The highest BCUT2D eigenvalue weighted by Gasteiger charge is 2.01. The van der Waals surface area contributed by atoms with Crippen LogP contribution >= 0.6 is 0 Å². The number of aliphatic hydroxyl groups is 1. The molecule has 0 rings (SSSR count). The predicted molar refractivity (Wildman–Crippen MR) is 43.9 cm³/mol. The molecule has 0 radical (unpaired) electrons. The summed E-state index contributed by atoms with van der Waals surface area (Å²) < 4.78 is 9.29. The Kier molecular flexibility index (Phi) is 7.79. The van der Waals surface area contributed by atoms with Crippen molar-refractivity contribution in [3.05, 3.63) is 0 Å². The number of carbonyl (C=O) groups excluding carboxylic acids is 1. The maximum atomic E-state index is 10.7. The minimum absolute atomic E-state index is 0.0300. The van der Waals surface area contributed by atoms with E-state index < -0.39 is 6.16 Å². The first-order valence-corrected chi connectivity index (χ1v) is 4.21. The molecule has 0 aromatic heterocycles. The molecule has 12 heavy (non-hydrogen) atoms. The first-order valence-electron chi connectivity index (χ1n) is 4.21. The predicted octanol–water partition coefficient (Wildman–Crippen LogP) is 1.32. The van der Waals surface area contributed by atoms with Crippen LogP contribution in [0.5, 0.6) is 0 Å². The summed E-state index contributed by atoms with van der Waals surface area (Å²) in [6.45, 7) is 2.68. The highest BCUT2D eigenvalue weighted by atomic mass is 16.7. The second-order valence-corrected chi connectivity index (χ2v) is 2.38. The molecular formula is C8H16O4. The summed E-state index contributed by atoms with van der Waals surface area (Å²) >= 11 is 0. The van der Waals surface area contributed by atoms with E-state index in [1.165, 1.54) is 0 Å². The Hall–Kier alpha value is -0.770.